The van der Waals surface area contributed by atoms with Crippen molar-refractivity contribution in [1.82, 2.24) is 19.9 Å². The van der Waals surface area contributed by atoms with E-state index in [1.54, 1.807) is 12.3 Å². The number of pyridine rings is 1. The van der Waals surface area contributed by atoms with Gasteiger partial charge in [0.15, 0.2) is 5.16 Å². The van der Waals surface area contributed by atoms with E-state index >= 15 is 0 Å². The van der Waals surface area contributed by atoms with Gasteiger partial charge in [-0.15, -0.1) is 0 Å². The maximum absolute atomic E-state index is 13.2. The number of carbonyl (C=O) groups is 1. The number of benzene rings is 1. The number of rotatable bonds is 7. The average Bonchev–Trinajstić information content (AvgIpc) is 3.64. The van der Waals surface area contributed by atoms with Crippen LogP contribution in [0.15, 0.2) is 52.5 Å². The molecule has 0 saturated heterocycles. The topological polar surface area (TPSA) is 76.9 Å². The molecule has 2 saturated carbocycles. The molecule has 1 aromatic carbocycles. The van der Waals surface area contributed by atoms with E-state index in [4.69, 9.17) is 4.98 Å². The maximum Gasteiger partial charge on any atom is 0.267 e. The summed E-state index contributed by atoms with van der Waals surface area (Å²) < 4.78 is 1.52. The van der Waals surface area contributed by atoms with Gasteiger partial charge in [0, 0.05) is 12.2 Å². The molecule has 2 aliphatic rings. The summed E-state index contributed by atoms with van der Waals surface area (Å²) >= 11 is 1.29. The van der Waals surface area contributed by atoms with E-state index in [9.17, 15) is 9.59 Å². The number of aromatic nitrogens is 3. The fourth-order valence-corrected chi connectivity index (χ4v) is 4.75. The molecule has 0 unspecified atom stereocenters. The van der Waals surface area contributed by atoms with E-state index in [-0.39, 0.29) is 17.2 Å². The Balaban J connectivity index is 1.44. The number of nitrogens with one attached hydrogen (secondary N) is 1. The highest BCUT2D eigenvalue weighted by atomic mass is 32.2. The fourth-order valence-electron chi connectivity index (χ4n) is 3.94. The first kappa shape index (κ1) is 19.3. The highest BCUT2D eigenvalue weighted by molar-refractivity contribution is 7.99. The van der Waals surface area contributed by atoms with Gasteiger partial charge >= 0.3 is 0 Å². The number of carbonyl (C=O) groups excluding carboxylic acids is 1. The lowest BCUT2D eigenvalue weighted by molar-refractivity contribution is -0.119. The lowest BCUT2D eigenvalue weighted by Crippen LogP contribution is -2.39. The number of hydrogen-bond donors (Lipinski definition) is 1. The minimum absolute atomic E-state index is 0.00922. The number of fused-ring (bicyclic) bond motifs is 1. The number of amides is 1. The molecule has 30 heavy (non-hydrogen) atoms. The summed E-state index contributed by atoms with van der Waals surface area (Å²) in [6, 6.07) is 11.4. The molecule has 2 fully saturated rings. The Morgan fingerprint density at radius 2 is 1.93 bits per heavy atom. The third-order valence-electron chi connectivity index (χ3n) is 5.79. The Morgan fingerprint density at radius 1 is 1.20 bits per heavy atom. The molecule has 2 aliphatic carbocycles. The van der Waals surface area contributed by atoms with Crippen molar-refractivity contribution in [3.63, 3.8) is 0 Å². The molecule has 0 spiro atoms. The molecule has 5 rings (SSSR count). The summed E-state index contributed by atoms with van der Waals surface area (Å²) in [5.74, 6) is 2.07. The smallest absolute Gasteiger partial charge is 0.267 e. The van der Waals surface area contributed by atoms with Crippen LogP contribution in [0.2, 0.25) is 0 Å². The van der Waals surface area contributed by atoms with E-state index in [2.05, 4.69) is 10.3 Å². The van der Waals surface area contributed by atoms with Gasteiger partial charge in [0.1, 0.15) is 5.82 Å². The first-order valence-corrected chi connectivity index (χ1v) is 11.5. The van der Waals surface area contributed by atoms with Crippen LogP contribution in [0.3, 0.4) is 0 Å². The van der Waals surface area contributed by atoms with Crippen molar-refractivity contribution in [2.75, 3.05) is 5.75 Å². The summed E-state index contributed by atoms with van der Waals surface area (Å²) in [7, 11) is 0. The van der Waals surface area contributed by atoms with Crippen molar-refractivity contribution >= 4 is 28.6 Å². The third-order valence-corrected chi connectivity index (χ3v) is 6.73. The zero-order valence-electron chi connectivity index (χ0n) is 16.9. The van der Waals surface area contributed by atoms with Crippen LogP contribution in [-0.2, 0) is 4.79 Å². The van der Waals surface area contributed by atoms with Crippen molar-refractivity contribution in [2.24, 2.45) is 11.8 Å². The van der Waals surface area contributed by atoms with Crippen LogP contribution in [0.25, 0.3) is 16.7 Å². The van der Waals surface area contributed by atoms with E-state index < -0.39 is 0 Å². The van der Waals surface area contributed by atoms with Gasteiger partial charge in [0.25, 0.3) is 5.56 Å². The molecule has 3 aromatic rings. The van der Waals surface area contributed by atoms with Crippen LogP contribution >= 0.6 is 11.8 Å². The second kappa shape index (κ2) is 7.87. The van der Waals surface area contributed by atoms with Gasteiger partial charge in [-0.05, 0) is 74.3 Å². The number of nitrogens with zero attached hydrogens (tertiary/aromatic N) is 3. The summed E-state index contributed by atoms with van der Waals surface area (Å²) in [6.07, 6.45) is 6.57. The van der Waals surface area contributed by atoms with Crippen molar-refractivity contribution in [3.05, 3.63) is 58.5 Å². The predicted octanol–water partition coefficient (Wildman–Crippen LogP) is 3.49. The van der Waals surface area contributed by atoms with Crippen molar-refractivity contribution in [1.29, 1.82) is 0 Å². The lowest BCUT2D eigenvalue weighted by atomic mass is 10.1. The zero-order chi connectivity index (χ0) is 20.7. The second-order valence-corrected chi connectivity index (χ2v) is 9.24. The Morgan fingerprint density at radius 3 is 2.63 bits per heavy atom. The lowest BCUT2D eigenvalue weighted by Gasteiger charge is -2.18. The Kier molecular flexibility index (Phi) is 5.06. The van der Waals surface area contributed by atoms with Crippen molar-refractivity contribution in [2.45, 2.75) is 43.8 Å². The molecule has 0 radical (unpaired) electrons. The van der Waals surface area contributed by atoms with E-state index in [0.29, 0.717) is 39.8 Å². The maximum atomic E-state index is 13.2. The summed E-state index contributed by atoms with van der Waals surface area (Å²) in [5.41, 5.74) is 1.46. The Labute approximate surface area is 179 Å². The van der Waals surface area contributed by atoms with Gasteiger partial charge < -0.3 is 5.32 Å². The van der Waals surface area contributed by atoms with Gasteiger partial charge in [-0.3, -0.25) is 9.59 Å². The van der Waals surface area contributed by atoms with Gasteiger partial charge in [-0.2, -0.15) is 0 Å². The molecule has 2 heterocycles. The number of aryl methyl sites for hydroxylation is 1. The van der Waals surface area contributed by atoms with Crippen LogP contribution < -0.4 is 10.9 Å². The Hall–Kier alpha value is -2.67. The molecule has 1 N–H and O–H groups in total. The standard InChI is InChI=1S/C23H24N4O2S/c1-14-10-11-24-19(12-14)27-22(29)17-4-2-3-5-18(17)25-23(27)30-13-20(28)26-21(15-6-7-15)16-8-9-16/h2-5,10-12,15-16,21H,6-9,13H2,1H3,(H,26,28). The van der Waals surface area contributed by atoms with Crippen LogP contribution in [0.1, 0.15) is 31.2 Å². The first-order chi connectivity index (χ1) is 14.6. The molecule has 2 aromatic heterocycles. The highest BCUT2D eigenvalue weighted by Crippen LogP contribution is 2.44. The monoisotopic (exact) mass is 420 g/mol. The summed E-state index contributed by atoms with van der Waals surface area (Å²) in [6.45, 7) is 1.96. The third kappa shape index (κ3) is 3.99. The minimum Gasteiger partial charge on any atom is -0.352 e. The highest BCUT2D eigenvalue weighted by Gasteiger charge is 2.42. The predicted molar refractivity (Wildman–Crippen MR) is 118 cm³/mol. The van der Waals surface area contributed by atoms with Gasteiger partial charge in [-0.1, -0.05) is 23.9 Å². The molecular weight excluding hydrogens is 396 g/mol. The first-order valence-electron chi connectivity index (χ1n) is 10.5. The van der Waals surface area contributed by atoms with Crippen LogP contribution in [0, 0.1) is 18.8 Å². The average molecular weight is 421 g/mol. The molecule has 6 nitrogen and oxygen atoms in total. The summed E-state index contributed by atoms with van der Waals surface area (Å²) in [4.78, 5) is 35.0. The molecular formula is C23H24N4O2S. The largest absolute Gasteiger partial charge is 0.352 e. The number of para-hydroxylation sites is 1. The summed E-state index contributed by atoms with van der Waals surface area (Å²) in [5, 5.41) is 4.27. The van der Waals surface area contributed by atoms with Crippen molar-refractivity contribution < 1.29 is 4.79 Å². The van der Waals surface area contributed by atoms with Crippen molar-refractivity contribution in [3.8, 4) is 5.82 Å². The number of hydrogen-bond acceptors (Lipinski definition) is 5. The number of thioether (sulfide) groups is 1. The minimum atomic E-state index is -0.171. The zero-order valence-corrected chi connectivity index (χ0v) is 17.7. The van der Waals surface area contributed by atoms with Crippen LogP contribution in [-0.4, -0.2) is 32.2 Å². The van der Waals surface area contributed by atoms with Crippen LogP contribution in [0.5, 0.6) is 0 Å². The molecule has 0 bridgehead atoms. The molecule has 0 atom stereocenters. The van der Waals surface area contributed by atoms with Crippen LogP contribution in [0.4, 0.5) is 0 Å². The van der Waals surface area contributed by atoms with E-state index in [0.717, 1.165) is 5.56 Å². The van der Waals surface area contributed by atoms with Gasteiger partial charge in [0.05, 0.1) is 16.7 Å². The molecule has 0 aliphatic heterocycles. The fraction of sp³-hybridized carbons (Fsp3) is 0.391. The normalized spacial score (nSPS) is 16.2. The molecule has 1 amide bonds. The Bertz CT molecular complexity index is 1160. The molecule has 154 valence electrons. The van der Waals surface area contributed by atoms with Gasteiger partial charge in [0.2, 0.25) is 5.91 Å². The molecule has 7 heteroatoms. The quantitative estimate of drug-likeness (QED) is 0.468. The van der Waals surface area contributed by atoms with E-state index in [1.807, 2.05) is 37.3 Å². The van der Waals surface area contributed by atoms with Gasteiger partial charge in [-0.25, -0.2) is 14.5 Å². The second-order valence-electron chi connectivity index (χ2n) is 8.30. The SMILES string of the molecule is Cc1ccnc(-n2c(SCC(=O)NC(C3CC3)C3CC3)nc3ccccc3c2=O)c1. The van der Waals surface area contributed by atoms with E-state index in [1.165, 1.54) is 42.0 Å².